The minimum atomic E-state index is -0.872. The molecular weight excluding hydrogens is 512 g/mol. The van der Waals surface area contributed by atoms with Crippen molar-refractivity contribution in [1.29, 1.82) is 0 Å². The summed E-state index contributed by atoms with van der Waals surface area (Å²) in [5, 5.41) is 12.3. The Labute approximate surface area is 230 Å². The smallest absolute Gasteiger partial charge is 0.304 e. The van der Waals surface area contributed by atoms with Crippen LogP contribution < -0.4 is 4.74 Å². The quantitative estimate of drug-likeness (QED) is 0.241. The number of halogens is 1. The van der Waals surface area contributed by atoms with Gasteiger partial charge in [-0.15, -0.1) is 0 Å². The molecular formula is C32H27ClN2O4. The van der Waals surface area contributed by atoms with Crippen molar-refractivity contribution in [3.05, 3.63) is 106 Å². The van der Waals surface area contributed by atoms with Gasteiger partial charge in [0, 0.05) is 46.3 Å². The van der Waals surface area contributed by atoms with Crippen molar-refractivity contribution in [3.8, 4) is 5.75 Å². The highest BCUT2D eigenvalue weighted by atomic mass is 35.5. The van der Waals surface area contributed by atoms with E-state index in [1.54, 1.807) is 4.57 Å². The molecule has 2 unspecified atom stereocenters. The minimum absolute atomic E-state index is 0.0268. The van der Waals surface area contributed by atoms with Crippen molar-refractivity contribution < 1.29 is 19.4 Å². The van der Waals surface area contributed by atoms with E-state index >= 15 is 0 Å². The number of hydrogen-bond acceptors (Lipinski definition) is 4. The number of hydrogen-bond donors (Lipinski definition) is 1. The van der Waals surface area contributed by atoms with Crippen molar-refractivity contribution in [1.82, 2.24) is 9.55 Å². The Morgan fingerprint density at radius 3 is 2.59 bits per heavy atom. The predicted octanol–water partition coefficient (Wildman–Crippen LogP) is 7.57. The summed E-state index contributed by atoms with van der Waals surface area (Å²) >= 11 is 6.16. The lowest BCUT2D eigenvalue weighted by Crippen LogP contribution is -2.22. The second-order valence-electron chi connectivity index (χ2n) is 10.1. The number of benzene rings is 3. The van der Waals surface area contributed by atoms with Crippen LogP contribution in [0.25, 0.3) is 21.8 Å². The van der Waals surface area contributed by atoms with Crippen LogP contribution >= 0.6 is 11.6 Å². The van der Waals surface area contributed by atoms with Gasteiger partial charge in [0.1, 0.15) is 12.4 Å². The van der Waals surface area contributed by atoms with Crippen LogP contribution in [0.1, 0.15) is 65.3 Å². The Kier molecular flexibility index (Phi) is 6.57. The Hall–Kier alpha value is -4.16. The van der Waals surface area contributed by atoms with E-state index in [1.807, 2.05) is 78.9 Å². The third-order valence-electron chi connectivity index (χ3n) is 7.61. The fraction of sp³-hybridized carbons (Fsp3) is 0.219. The molecule has 2 aromatic heterocycles. The molecule has 0 radical (unpaired) electrons. The summed E-state index contributed by atoms with van der Waals surface area (Å²) in [6, 6.07) is 25.5. The summed E-state index contributed by atoms with van der Waals surface area (Å²) < 4.78 is 7.83. The molecule has 0 amide bonds. The fourth-order valence-electron chi connectivity index (χ4n) is 5.94. The number of para-hydroxylation sites is 1. The van der Waals surface area contributed by atoms with Gasteiger partial charge in [-0.3, -0.25) is 14.2 Å². The molecule has 1 aliphatic carbocycles. The molecule has 0 saturated carbocycles. The molecule has 6 rings (SSSR count). The van der Waals surface area contributed by atoms with Crippen molar-refractivity contribution >= 4 is 45.3 Å². The summed E-state index contributed by atoms with van der Waals surface area (Å²) in [5.41, 5.74) is 5.35. The highest BCUT2D eigenvalue weighted by Crippen LogP contribution is 2.48. The van der Waals surface area contributed by atoms with Gasteiger partial charge in [0.25, 0.3) is 0 Å². The molecule has 1 aliphatic rings. The summed E-state index contributed by atoms with van der Waals surface area (Å²) in [7, 11) is 0. The number of aromatic nitrogens is 2. The van der Waals surface area contributed by atoms with Crippen molar-refractivity contribution in [2.45, 2.75) is 44.6 Å². The number of aliphatic carboxylic acids is 1. The van der Waals surface area contributed by atoms with Crippen LogP contribution in [0.5, 0.6) is 5.75 Å². The molecule has 0 fully saturated rings. The Balaban J connectivity index is 1.43. The zero-order valence-corrected chi connectivity index (χ0v) is 22.2. The van der Waals surface area contributed by atoms with E-state index < -0.39 is 5.97 Å². The highest BCUT2D eigenvalue weighted by Gasteiger charge is 2.36. The summed E-state index contributed by atoms with van der Waals surface area (Å²) in [6.45, 7) is 1.81. The SMILES string of the molecule is CC(=O)n1c2c(c3ccc(OCc4ccc5ccccc5n4)cc31)C(c1ccc(Cl)cc1)CCC2CC(=O)O. The van der Waals surface area contributed by atoms with Crippen LogP contribution in [0.4, 0.5) is 0 Å². The van der Waals surface area contributed by atoms with Gasteiger partial charge in [0.05, 0.1) is 23.1 Å². The van der Waals surface area contributed by atoms with Gasteiger partial charge in [0.2, 0.25) is 5.91 Å². The summed E-state index contributed by atoms with van der Waals surface area (Å²) in [5.74, 6) is -0.639. The molecule has 2 atom stereocenters. The third-order valence-corrected chi connectivity index (χ3v) is 7.86. The van der Waals surface area contributed by atoms with E-state index in [9.17, 15) is 14.7 Å². The largest absolute Gasteiger partial charge is 0.487 e. The predicted molar refractivity (Wildman–Crippen MR) is 152 cm³/mol. The first-order valence-electron chi connectivity index (χ1n) is 13.0. The first-order chi connectivity index (χ1) is 18.9. The van der Waals surface area contributed by atoms with Gasteiger partial charge >= 0.3 is 5.97 Å². The standard InChI is InChI=1S/C32H27ClN2O4/c1-19(36)35-29-17-25(39-18-24-12-8-21-4-2-3-5-28(21)34-24)13-15-27(29)31-26(20-6-10-23(33)11-7-20)14-9-22(32(31)35)16-30(37)38/h2-8,10-13,15,17,22,26H,9,14,16,18H2,1H3,(H,37,38). The normalized spacial score (nSPS) is 16.8. The zero-order chi connectivity index (χ0) is 27.1. The third kappa shape index (κ3) is 4.77. The molecule has 3 aromatic carbocycles. The lowest BCUT2D eigenvalue weighted by atomic mass is 9.75. The second kappa shape index (κ2) is 10.2. The Morgan fingerprint density at radius 1 is 1.03 bits per heavy atom. The van der Waals surface area contributed by atoms with Gasteiger partial charge in [-0.05, 0) is 60.4 Å². The first kappa shape index (κ1) is 25.1. The van der Waals surface area contributed by atoms with Crippen LogP contribution in [0.2, 0.25) is 5.02 Å². The molecule has 196 valence electrons. The number of fused-ring (bicyclic) bond motifs is 4. The maximum Gasteiger partial charge on any atom is 0.304 e. The highest BCUT2D eigenvalue weighted by molar-refractivity contribution is 6.30. The topological polar surface area (TPSA) is 81.4 Å². The molecule has 0 saturated heterocycles. The van der Waals surface area contributed by atoms with E-state index in [2.05, 4.69) is 4.98 Å². The van der Waals surface area contributed by atoms with Crippen molar-refractivity contribution in [3.63, 3.8) is 0 Å². The lowest BCUT2D eigenvalue weighted by molar-refractivity contribution is -0.137. The first-order valence-corrected chi connectivity index (χ1v) is 13.4. The number of ether oxygens (including phenoxy) is 1. The van der Waals surface area contributed by atoms with Crippen LogP contribution in [0.3, 0.4) is 0 Å². The number of carboxylic acid groups (broad SMARTS) is 1. The van der Waals surface area contributed by atoms with Gasteiger partial charge in [-0.25, -0.2) is 4.98 Å². The maximum absolute atomic E-state index is 13.1. The van der Waals surface area contributed by atoms with Crippen LogP contribution in [-0.4, -0.2) is 26.5 Å². The maximum atomic E-state index is 13.1. The Bertz CT molecular complexity index is 1720. The molecule has 0 aliphatic heterocycles. The van der Waals surface area contributed by atoms with Crippen LogP contribution in [-0.2, 0) is 11.4 Å². The van der Waals surface area contributed by atoms with Gasteiger partial charge in [-0.1, -0.05) is 48.0 Å². The zero-order valence-electron chi connectivity index (χ0n) is 21.4. The van der Waals surface area contributed by atoms with Crippen molar-refractivity contribution in [2.75, 3.05) is 0 Å². The molecule has 2 heterocycles. The minimum Gasteiger partial charge on any atom is -0.487 e. The monoisotopic (exact) mass is 538 g/mol. The van der Waals surface area contributed by atoms with Crippen LogP contribution in [0.15, 0.2) is 78.9 Å². The number of carbonyl (C=O) groups is 2. The van der Waals surface area contributed by atoms with Crippen LogP contribution in [0, 0.1) is 0 Å². The van der Waals surface area contributed by atoms with E-state index in [0.717, 1.165) is 50.7 Å². The summed E-state index contributed by atoms with van der Waals surface area (Å²) in [6.07, 6.45) is 1.43. The van der Waals surface area contributed by atoms with E-state index in [1.165, 1.54) is 6.92 Å². The molecule has 0 spiro atoms. The average molecular weight is 539 g/mol. The number of rotatable bonds is 6. The van der Waals surface area contributed by atoms with Gasteiger partial charge in [-0.2, -0.15) is 0 Å². The Morgan fingerprint density at radius 2 is 1.82 bits per heavy atom. The fourth-order valence-corrected chi connectivity index (χ4v) is 6.07. The molecule has 5 aromatic rings. The van der Waals surface area contributed by atoms with E-state index in [4.69, 9.17) is 16.3 Å². The molecule has 0 bridgehead atoms. The van der Waals surface area contributed by atoms with Gasteiger partial charge < -0.3 is 9.84 Å². The molecule has 6 nitrogen and oxygen atoms in total. The summed E-state index contributed by atoms with van der Waals surface area (Å²) in [4.78, 5) is 29.5. The second-order valence-corrected chi connectivity index (χ2v) is 10.5. The number of pyridine rings is 1. The molecule has 7 heteroatoms. The van der Waals surface area contributed by atoms with E-state index in [-0.39, 0.29) is 30.8 Å². The lowest BCUT2D eigenvalue weighted by Gasteiger charge is -2.30. The average Bonchev–Trinajstić information content (AvgIpc) is 3.28. The number of nitrogens with zero attached hydrogens (tertiary/aromatic N) is 2. The number of carboxylic acids is 1. The molecule has 39 heavy (non-hydrogen) atoms. The van der Waals surface area contributed by atoms with Crippen molar-refractivity contribution in [2.24, 2.45) is 0 Å². The number of carbonyl (C=O) groups excluding carboxylic acids is 1. The molecule has 1 N–H and O–H groups in total. The van der Waals surface area contributed by atoms with Gasteiger partial charge in [0.15, 0.2) is 0 Å². The van der Waals surface area contributed by atoms with E-state index in [0.29, 0.717) is 17.2 Å².